The van der Waals surface area contributed by atoms with Crippen molar-refractivity contribution in [3.63, 3.8) is 0 Å². The van der Waals surface area contributed by atoms with E-state index in [1.807, 2.05) is 29.2 Å². The number of benzene rings is 1. The summed E-state index contributed by atoms with van der Waals surface area (Å²) in [7, 11) is 0. The van der Waals surface area contributed by atoms with Gasteiger partial charge in [0.1, 0.15) is 0 Å². The third kappa shape index (κ3) is 2.67. The molecule has 0 bridgehead atoms. The molecule has 1 aromatic carbocycles. The van der Waals surface area contributed by atoms with Crippen LogP contribution in [0.5, 0.6) is 0 Å². The number of hydrogen-bond donors (Lipinski definition) is 1. The highest BCUT2D eigenvalue weighted by molar-refractivity contribution is 5.96. The molecule has 0 spiro atoms. The van der Waals surface area contributed by atoms with Crippen molar-refractivity contribution in [3.8, 4) is 0 Å². The molecule has 92 valence electrons. The maximum atomic E-state index is 12.2. The molecule has 0 aliphatic carbocycles. The summed E-state index contributed by atoms with van der Waals surface area (Å²) in [6.07, 6.45) is 2.99. The minimum atomic E-state index is 0.106. The van der Waals surface area contributed by atoms with Crippen molar-refractivity contribution < 1.29 is 4.79 Å². The van der Waals surface area contributed by atoms with Crippen LogP contribution < -0.4 is 5.73 Å². The lowest BCUT2D eigenvalue weighted by Gasteiger charge is -2.30. The molecule has 0 radical (unpaired) electrons. The highest BCUT2D eigenvalue weighted by Gasteiger charge is 2.24. The van der Waals surface area contributed by atoms with E-state index in [1.54, 1.807) is 0 Å². The normalized spacial score (nSPS) is 16.8. The van der Waals surface area contributed by atoms with Crippen LogP contribution in [0.4, 0.5) is 0 Å². The summed E-state index contributed by atoms with van der Waals surface area (Å²) in [5, 5.41) is 0. The molecule has 0 fully saturated rings. The Bertz CT molecular complexity index is 403. The molecular formula is C14H20N2O. The molecule has 1 unspecified atom stereocenters. The van der Waals surface area contributed by atoms with Gasteiger partial charge in [0.25, 0.3) is 5.91 Å². The maximum absolute atomic E-state index is 12.2. The lowest BCUT2D eigenvalue weighted by atomic mass is 9.98. The van der Waals surface area contributed by atoms with Crippen LogP contribution in [0.3, 0.4) is 0 Å². The Labute approximate surface area is 103 Å². The Kier molecular flexibility index (Phi) is 3.79. The van der Waals surface area contributed by atoms with Crippen molar-refractivity contribution >= 4 is 5.91 Å². The van der Waals surface area contributed by atoms with Gasteiger partial charge in [0, 0.05) is 24.7 Å². The van der Waals surface area contributed by atoms with E-state index in [4.69, 9.17) is 5.73 Å². The first-order chi connectivity index (χ1) is 8.22. The van der Waals surface area contributed by atoms with E-state index in [-0.39, 0.29) is 11.9 Å². The van der Waals surface area contributed by atoms with Gasteiger partial charge in [-0.15, -0.1) is 0 Å². The molecule has 1 atom stereocenters. The fourth-order valence-electron chi connectivity index (χ4n) is 2.39. The number of nitrogens with two attached hydrogens (primary N) is 1. The van der Waals surface area contributed by atoms with Crippen LogP contribution in [-0.2, 0) is 6.42 Å². The molecule has 2 N–H and O–H groups in total. The monoisotopic (exact) mass is 232 g/mol. The Morgan fingerprint density at radius 3 is 2.94 bits per heavy atom. The maximum Gasteiger partial charge on any atom is 0.254 e. The van der Waals surface area contributed by atoms with Gasteiger partial charge in [0.05, 0.1) is 0 Å². The molecule has 0 saturated carbocycles. The molecule has 1 aliphatic heterocycles. The molecular weight excluding hydrogens is 212 g/mol. The number of hydrogen-bond acceptors (Lipinski definition) is 2. The molecule has 1 aromatic rings. The summed E-state index contributed by atoms with van der Waals surface area (Å²) >= 11 is 0. The zero-order valence-corrected chi connectivity index (χ0v) is 10.4. The van der Waals surface area contributed by atoms with Gasteiger partial charge >= 0.3 is 0 Å². The van der Waals surface area contributed by atoms with Crippen LogP contribution >= 0.6 is 0 Å². The first-order valence-electron chi connectivity index (χ1n) is 6.35. The van der Waals surface area contributed by atoms with E-state index >= 15 is 0 Å². The third-order valence-corrected chi connectivity index (χ3v) is 3.30. The first kappa shape index (κ1) is 12.1. The van der Waals surface area contributed by atoms with Gasteiger partial charge in [-0.3, -0.25) is 4.79 Å². The van der Waals surface area contributed by atoms with Crippen molar-refractivity contribution in [2.45, 2.75) is 32.2 Å². The standard InChI is InChI=1S/C14H20N2O/c1-2-5-12(15)10-16-9-8-11-6-3-4-7-13(11)14(16)17/h3-4,6-7,12H,2,5,8-10,15H2,1H3. The SMILES string of the molecule is CCCC(N)CN1CCc2ccccc2C1=O. The minimum absolute atomic E-state index is 0.106. The number of nitrogens with zero attached hydrogens (tertiary/aromatic N) is 1. The zero-order chi connectivity index (χ0) is 12.3. The van der Waals surface area contributed by atoms with Crippen LogP contribution in [-0.4, -0.2) is 29.9 Å². The van der Waals surface area contributed by atoms with Crippen LogP contribution in [0.1, 0.15) is 35.7 Å². The minimum Gasteiger partial charge on any atom is -0.337 e. The lowest BCUT2D eigenvalue weighted by molar-refractivity contribution is 0.0727. The van der Waals surface area contributed by atoms with Crippen LogP contribution in [0, 0.1) is 0 Å². The van der Waals surface area contributed by atoms with E-state index in [1.165, 1.54) is 0 Å². The van der Waals surface area contributed by atoms with E-state index in [2.05, 4.69) is 6.92 Å². The van der Waals surface area contributed by atoms with Crippen molar-refractivity contribution in [1.82, 2.24) is 4.90 Å². The van der Waals surface area contributed by atoms with E-state index < -0.39 is 0 Å². The molecule has 1 amide bonds. The van der Waals surface area contributed by atoms with Crippen molar-refractivity contribution in [1.29, 1.82) is 0 Å². The predicted octanol–water partition coefficient (Wildman–Crippen LogP) is 1.81. The second-order valence-electron chi connectivity index (χ2n) is 4.71. The summed E-state index contributed by atoms with van der Waals surface area (Å²) in [6, 6.07) is 7.97. The molecule has 3 nitrogen and oxygen atoms in total. The summed E-state index contributed by atoms with van der Waals surface area (Å²) in [6.45, 7) is 3.60. The average molecular weight is 232 g/mol. The highest BCUT2D eigenvalue weighted by Crippen LogP contribution is 2.18. The number of carbonyl (C=O) groups is 1. The number of fused-ring (bicyclic) bond motifs is 1. The predicted molar refractivity (Wildman–Crippen MR) is 68.9 cm³/mol. The van der Waals surface area contributed by atoms with E-state index in [0.717, 1.165) is 36.9 Å². The van der Waals surface area contributed by atoms with E-state index in [0.29, 0.717) is 6.54 Å². The van der Waals surface area contributed by atoms with Gasteiger partial charge in [0.2, 0.25) is 0 Å². The third-order valence-electron chi connectivity index (χ3n) is 3.30. The fraction of sp³-hybridized carbons (Fsp3) is 0.500. The average Bonchev–Trinajstić information content (AvgIpc) is 2.33. The van der Waals surface area contributed by atoms with Gasteiger partial charge in [0.15, 0.2) is 0 Å². The van der Waals surface area contributed by atoms with Crippen LogP contribution in [0.2, 0.25) is 0 Å². The topological polar surface area (TPSA) is 46.3 Å². The lowest BCUT2D eigenvalue weighted by Crippen LogP contribution is -2.44. The van der Waals surface area contributed by atoms with Crippen LogP contribution in [0.25, 0.3) is 0 Å². The van der Waals surface area contributed by atoms with Gasteiger partial charge in [-0.25, -0.2) is 0 Å². The summed E-state index contributed by atoms with van der Waals surface area (Å²) < 4.78 is 0. The van der Waals surface area contributed by atoms with Crippen molar-refractivity contribution in [3.05, 3.63) is 35.4 Å². The number of amides is 1. The van der Waals surface area contributed by atoms with Gasteiger partial charge in [-0.1, -0.05) is 31.5 Å². The van der Waals surface area contributed by atoms with Crippen molar-refractivity contribution in [2.24, 2.45) is 5.73 Å². The summed E-state index contributed by atoms with van der Waals surface area (Å²) in [5.74, 6) is 0.137. The summed E-state index contributed by atoms with van der Waals surface area (Å²) in [4.78, 5) is 14.1. The second kappa shape index (κ2) is 5.32. The second-order valence-corrected chi connectivity index (χ2v) is 4.71. The highest BCUT2D eigenvalue weighted by atomic mass is 16.2. The summed E-state index contributed by atoms with van der Waals surface area (Å²) in [5.41, 5.74) is 8.02. The smallest absolute Gasteiger partial charge is 0.254 e. The van der Waals surface area contributed by atoms with Gasteiger partial charge in [-0.05, 0) is 24.5 Å². The molecule has 0 aromatic heterocycles. The number of rotatable bonds is 4. The Morgan fingerprint density at radius 2 is 2.18 bits per heavy atom. The Morgan fingerprint density at radius 1 is 1.41 bits per heavy atom. The largest absolute Gasteiger partial charge is 0.337 e. The van der Waals surface area contributed by atoms with Crippen molar-refractivity contribution in [2.75, 3.05) is 13.1 Å². The fourth-order valence-corrected chi connectivity index (χ4v) is 2.39. The molecule has 17 heavy (non-hydrogen) atoms. The van der Waals surface area contributed by atoms with Gasteiger partial charge < -0.3 is 10.6 Å². The molecule has 1 aliphatic rings. The van der Waals surface area contributed by atoms with E-state index in [9.17, 15) is 4.79 Å². The molecule has 2 rings (SSSR count). The Balaban J connectivity index is 2.07. The molecule has 0 saturated heterocycles. The first-order valence-corrected chi connectivity index (χ1v) is 6.35. The quantitative estimate of drug-likeness (QED) is 0.860. The van der Waals surface area contributed by atoms with Crippen LogP contribution in [0.15, 0.2) is 24.3 Å². The molecule has 3 heteroatoms. The number of carbonyl (C=O) groups excluding carboxylic acids is 1. The Hall–Kier alpha value is -1.35. The molecule has 1 heterocycles. The van der Waals surface area contributed by atoms with Gasteiger partial charge in [-0.2, -0.15) is 0 Å². The zero-order valence-electron chi connectivity index (χ0n) is 10.4.